The van der Waals surface area contributed by atoms with Crippen LogP contribution in [0.25, 0.3) is 0 Å². The summed E-state index contributed by atoms with van der Waals surface area (Å²) < 4.78 is -0.0124. The minimum Gasteiger partial charge on any atom is -0.337 e. The molecule has 2 fully saturated rings. The molecule has 0 N–H and O–H groups in total. The quantitative estimate of drug-likeness (QED) is 0.572. The summed E-state index contributed by atoms with van der Waals surface area (Å²) in [6.45, 7) is 1.43. The Kier molecular flexibility index (Phi) is 6.73. The van der Waals surface area contributed by atoms with E-state index in [1.54, 1.807) is 6.20 Å². The molecule has 0 radical (unpaired) electrons. The van der Waals surface area contributed by atoms with Gasteiger partial charge >= 0.3 is 0 Å². The van der Waals surface area contributed by atoms with Crippen molar-refractivity contribution >= 4 is 40.9 Å². The lowest BCUT2D eigenvalue weighted by molar-refractivity contribution is -0.132. The lowest BCUT2D eigenvalue weighted by Gasteiger charge is -2.43. The first-order valence-electron chi connectivity index (χ1n) is 10.3. The number of rotatable bonds is 4. The number of nitrogens with zero attached hydrogens (tertiary/aromatic N) is 2. The summed E-state index contributed by atoms with van der Waals surface area (Å²) in [6.07, 6.45) is 9.70. The molecule has 1 spiro atoms. The number of halogens is 2. The fraction of sp³-hybridized carbons (Fsp3) is 0.478. The number of pyridine rings is 1. The first-order chi connectivity index (χ1) is 14.1. The van der Waals surface area contributed by atoms with Crippen LogP contribution in [0.1, 0.15) is 43.2 Å². The lowest BCUT2D eigenvalue weighted by atomic mass is 9.73. The zero-order chi connectivity index (χ0) is 20.3. The summed E-state index contributed by atoms with van der Waals surface area (Å²) in [7, 11) is 0. The maximum atomic E-state index is 13.3. The van der Waals surface area contributed by atoms with Gasteiger partial charge in [-0.15, -0.1) is 0 Å². The Labute approximate surface area is 187 Å². The van der Waals surface area contributed by atoms with E-state index in [0.29, 0.717) is 18.9 Å². The molecule has 3 nitrogen and oxygen atoms in total. The van der Waals surface area contributed by atoms with E-state index < -0.39 is 0 Å². The van der Waals surface area contributed by atoms with Gasteiger partial charge in [-0.25, -0.2) is 0 Å². The van der Waals surface area contributed by atoms with Crippen molar-refractivity contribution in [1.82, 2.24) is 9.88 Å². The smallest absolute Gasteiger partial charge is 0.224 e. The molecule has 2 aromatic rings. The number of hydrogen-bond acceptors (Lipinski definition) is 3. The molecular formula is C23H26Cl2N2OS. The molecule has 1 saturated heterocycles. The minimum absolute atomic E-state index is 0.0124. The van der Waals surface area contributed by atoms with Crippen LogP contribution in [-0.4, -0.2) is 32.8 Å². The van der Waals surface area contributed by atoms with Crippen molar-refractivity contribution in [2.75, 3.05) is 12.3 Å². The fourth-order valence-corrected chi connectivity index (χ4v) is 6.97. The molecule has 154 valence electrons. The largest absolute Gasteiger partial charge is 0.337 e. The lowest BCUT2D eigenvalue weighted by Crippen LogP contribution is -2.42. The van der Waals surface area contributed by atoms with E-state index >= 15 is 0 Å². The summed E-state index contributed by atoms with van der Waals surface area (Å²) in [6, 6.07) is 9.69. The summed E-state index contributed by atoms with van der Waals surface area (Å²) in [5.41, 5.74) is 2.12. The normalized spacial score (nSPS) is 25.2. The van der Waals surface area contributed by atoms with Gasteiger partial charge in [-0.3, -0.25) is 9.78 Å². The maximum Gasteiger partial charge on any atom is 0.224 e. The van der Waals surface area contributed by atoms with E-state index in [9.17, 15) is 4.79 Å². The molecule has 2 atom stereocenters. The monoisotopic (exact) mass is 448 g/mol. The third kappa shape index (κ3) is 4.76. The Balaban J connectivity index is 1.54. The van der Waals surface area contributed by atoms with Crippen molar-refractivity contribution in [3.05, 3.63) is 63.9 Å². The van der Waals surface area contributed by atoms with Crippen LogP contribution in [0.4, 0.5) is 0 Å². The van der Waals surface area contributed by atoms with Gasteiger partial charge in [0, 0.05) is 52.4 Å². The van der Waals surface area contributed by atoms with Crippen molar-refractivity contribution in [2.24, 2.45) is 5.92 Å². The zero-order valence-electron chi connectivity index (χ0n) is 16.4. The molecular weight excluding hydrogens is 423 g/mol. The van der Waals surface area contributed by atoms with Crippen molar-refractivity contribution in [3.8, 4) is 0 Å². The molecule has 0 bridgehead atoms. The average molecular weight is 449 g/mol. The van der Waals surface area contributed by atoms with Gasteiger partial charge in [0.2, 0.25) is 5.91 Å². The summed E-state index contributed by atoms with van der Waals surface area (Å²) in [5, 5.41) is 1.47. The Hall–Kier alpha value is -1.23. The number of thioether (sulfide) groups is 1. The highest BCUT2D eigenvalue weighted by Crippen LogP contribution is 2.50. The SMILES string of the molecule is O=C1CC2(CCCCC2Cc2c(Cl)cccc2Cl)SCCN1Cc1cccnc1. The Bertz CT molecular complexity index is 843. The molecule has 29 heavy (non-hydrogen) atoms. The summed E-state index contributed by atoms with van der Waals surface area (Å²) >= 11 is 15.0. The van der Waals surface area contributed by atoms with Crippen LogP contribution in [0.5, 0.6) is 0 Å². The molecule has 1 aromatic heterocycles. The zero-order valence-corrected chi connectivity index (χ0v) is 18.8. The number of aromatic nitrogens is 1. The molecule has 1 aliphatic carbocycles. The van der Waals surface area contributed by atoms with E-state index in [0.717, 1.165) is 52.7 Å². The van der Waals surface area contributed by atoms with Crippen LogP contribution >= 0.6 is 35.0 Å². The van der Waals surface area contributed by atoms with Gasteiger partial charge < -0.3 is 4.90 Å². The minimum atomic E-state index is -0.0124. The number of amides is 1. The van der Waals surface area contributed by atoms with Crippen LogP contribution in [0.2, 0.25) is 10.0 Å². The fourth-order valence-electron chi connectivity index (χ4n) is 4.75. The summed E-state index contributed by atoms with van der Waals surface area (Å²) in [4.78, 5) is 19.5. The van der Waals surface area contributed by atoms with Gasteiger partial charge in [0.15, 0.2) is 0 Å². The van der Waals surface area contributed by atoms with Crippen LogP contribution in [0.3, 0.4) is 0 Å². The second kappa shape index (κ2) is 9.28. The third-order valence-corrected chi connectivity index (χ3v) is 8.66. The second-order valence-electron chi connectivity index (χ2n) is 8.11. The van der Waals surface area contributed by atoms with Gasteiger partial charge in [-0.05, 0) is 54.5 Å². The summed E-state index contributed by atoms with van der Waals surface area (Å²) in [5.74, 6) is 1.65. The molecule has 2 aliphatic rings. The van der Waals surface area contributed by atoms with Crippen LogP contribution in [-0.2, 0) is 17.8 Å². The van der Waals surface area contributed by atoms with E-state index in [1.165, 1.54) is 12.8 Å². The van der Waals surface area contributed by atoms with E-state index in [1.807, 2.05) is 53.2 Å². The van der Waals surface area contributed by atoms with Gasteiger partial charge in [0.1, 0.15) is 0 Å². The standard InChI is InChI=1S/C23H26Cl2N2OS/c24-20-7-3-8-21(25)19(20)13-18-6-1-2-9-23(18)14-22(28)27(11-12-29-23)16-17-5-4-10-26-15-17/h3-5,7-8,10,15,18H,1-2,6,9,11-14,16H2. The van der Waals surface area contributed by atoms with Crippen LogP contribution < -0.4 is 0 Å². The van der Waals surface area contributed by atoms with E-state index in [4.69, 9.17) is 23.2 Å². The van der Waals surface area contributed by atoms with E-state index in [2.05, 4.69) is 4.98 Å². The van der Waals surface area contributed by atoms with Gasteiger partial charge in [-0.2, -0.15) is 11.8 Å². The molecule has 6 heteroatoms. The number of carbonyl (C=O) groups is 1. The van der Waals surface area contributed by atoms with Crippen molar-refractivity contribution in [2.45, 2.75) is 49.8 Å². The maximum absolute atomic E-state index is 13.3. The predicted molar refractivity (Wildman–Crippen MR) is 122 cm³/mol. The Morgan fingerprint density at radius 1 is 1.17 bits per heavy atom. The third-order valence-electron chi connectivity index (χ3n) is 6.31. The Morgan fingerprint density at radius 2 is 2.00 bits per heavy atom. The Morgan fingerprint density at radius 3 is 2.76 bits per heavy atom. The highest BCUT2D eigenvalue weighted by molar-refractivity contribution is 8.00. The molecule has 1 aliphatic heterocycles. The molecule has 1 aromatic carbocycles. The molecule has 2 heterocycles. The molecule has 4 rings (SSSR count). The number of carbonyl (C=O) groups excluding carboxylic acids is 1. The second-order valence-corrected chi connectivity index (χ2v) is 10.4. The predicted octanol–water partition coefficient (Wildman–Crippen LogP) is 6.03. The van der Waals surface area contributed by atoms with Gasteiger partial charge in [0.25, 0.3) is 0 Å². The van der Waals surface area contributed by atoms with Gasteiger partial charge in [0.05, 0.1) is 0 Å². The molecule has 1 saturated carbocycles. The van der Waals surface area contributed by atoms with Crippen LogP contribution in [0.15, 0.2) is 42.7 Å². The van der Waals surface area contributed by atoms with Gasteiger partial charge in [-0.1, -0.05) is 48.2 Å². The van der Waals surface area contributed by atoms with Crippen molar-refractivity contribution in [1.29, 1.82) is 0 Å². The number of hydrogen-bond donors (Lipinski definition) is 0. The molecule has 1 amide bonds. The van der Waals surface area contributed by atoms with Crippen molar-refractivity contribution < 1.29 is 4.79 Å². The first-order valence-corrected chi connectivity index (χ1v) is 12.0. The highest BCUT2D eigenvalue weighted by atomic mass is 35.5. The topological polar surface area (TPSA) is 33.2 Å². The van der Waals surface area contributed by atoms with Crippen molar-refractivity contribution in [3.63, 3.8) is 0 Å². The number of benzene rings is 1. The molecule has 2 unspecified atom stereocenters. The first kappa shape index (κ1) is 21.0. The van der Waals surface area contributed by atoms with Crippen LogP contribution in [0, 0.1) is 5.92 Å². The van der Waals surface area contributed by atoms with E-state index in [-0.39, 0.29) is 10.7 Å². The average Bonchev–Trinajstić information content (AvgIpc) is 2.86. The highest BCUT2D eigenvalue weighted by Gasteiger charge is 2.45.